The van der Waals surface area contributed by atoms with Crippen molar-refractivity contribution in [3.05, 3.63) is 144 Å². The van der Waals surface area contributed by atoms with Crippen LogP contribution in [0.5, 0.6) is 0 Å². The highest BCUT2D eigenvalue weighted by Crippen LogP contribution is 2.34. The van der Waals surface area contributed by atoms with Gasteiger partial charge in [-0.1, -0.05) is 54.6 Å². The molecule has 3 heterocycles. The third-order valence-corrected chi connectivity index (χ3v) is 10.8. The maximum Gasteiger partial charge on any atom is 0.303 e. The molecule has 0 saturated heterocycles. The minimum absolute atomic E-state index is 0.101. The van der Waals surface area contributed by atoms with Gasteiger partial charge in [-0.25, -0.2) is 0 Å². The first kappa shape index (κ1) is 34.9. The number of aldehydes is 3. The Morgan fingerprint density at radius 2 is 0.821 bits per heavy atom. The zero-order valence-electron chi connectivity index (χ0n) is 30.6. The molecular weight excluding hydrogens is 703 g/mol. The van der Waals surface area contributed by atoms with E-state index in [-0.39, 0.29) is 6.61 Å². The molecule has 56 heavy (non-hydrogen) atoms. The van der Waals surface area contributed by atoms with Gasteiger partial charge in [0.1, 0.15) is 25.0 Å². The van der Waals surface area contributed by atoms with Crippen LogP contribution in [0.15, 0.2) is 127 Å². The molecule has 0 N–H and O–H groups in total. The van der Waals surface area contributed by atoms with Crippen molar-refractivity contribution in [1.82, 2.24) is 13.7 Å². The smallest absolute Gasteiger partial charge is 0.303 e. The first-order valence-corrected chi connectivity index (χ1v) is 18.6. The van der Waals surface area contributed by atoms with E-state index in [2.05, 4.69) is 38.0 Å². The van der Waals surface area contributed by atoms with E-state index in [9.17, 15) is 19.2 Å². The summed E-state index contributed by atoms with van der Waals surface area (Å²) in [6, 6.07) is 41.4. The first-order chi connectivity index (χ1) is 27.4. The van der Waals surface area contributed by atoms with Crippen LogP contribution < -0.4 is 0 Å². The second-order valence-electron chi connectivity index (χ2n) is 14.3. The van der Waals surface area contributed by atoms with Crippen LogP contribution in [0.25, 0.3) is 65.4 Å². The van der Waals surface area contributed by atoms with Crippen molar-refractivity contribution in [2.24, 2.45) is 0 Å². The Labute approximate surface area is 321 Å². The summed E-state index contributed by atoms with van der Waals surface area (Å²) < 4.78 is 19.6. The van der Waals surface area contributed by atoms with E-state index in [4.69, 9.17) is 9.47 Å². The molecular formula is C47H37N3O6. The quantitative estimate of drug-likeness (QED) is 0.0864. The molecule has 1 atom stereocenters. The predicted molar refractivity (Wildman–Crippen MR) is 220 cm³/mol. The molecule has 1 unspecified atom stereocenters. The van der Waals surface area contributed by atoms with E-state index < -0.39 is 18.2 Å². The lowest BCUT2D eigenvalue weighted by Crippen LogP contribution is -2.33. The van der Waals surface area contributed by atoms with Crippen molar-refractivity contribution in [3.8, 4) is 0 Å². The number of esters is 1. The number of para-hydroxylation sites is 3. The summed E-state index contributed by atoms with van der Waals surface area (Å²) >= 11 is 0. The maximum absolute atomic E-state index is 12.7. The summed E-state index contributed by atoms with van der Waals surface area (Å²) in [6.45, 7) is 2.72. The van der Waals surface area contributed by atoms with E-state index in [0.29, 0.717) is 36.3 Å². The molecule has 0 fully saturated rings. The topological polar surface area (TPSA) is 102 Å². The van der Waals surface area contributed by atoms with Gasteiger partial charge in [0.15, 0.2) is 0 Å². The molecule has 0 radical (unpaired) electrons. The molecule has 9 rings (SSSR count). The summed E-state index contributed by atoms with van der Waals surface area (Å²) in [7, 11) is 0. The molecule has 0 aliphatic heterocycles. The highest BCUT2D eigenvalue weighted by molar-refractivity contribution is 6.11. The molecule has 0 bridgehead atoms. The zero-order chi connectivity index (χ0) is 38.3. The van der Waals surface area contributed by atoms with Gasteiger partial charge in [-0.05, 0) is 72.8 Å². The lowest BCUT2D eigenvalue weighted by atomic mass is 10.1. The Morgan fingerprint density at radius 1 is 0.482 bits per heavy atom. The third-order valence-electron chi connectivity index (χ3n) is 10.8. The van der Waals surface area contributed by atoms with Crippen LogP contribution in [0.1, 0.15) is 38.0 Å². The summed E-state index contributed by atoms with van der Waals surface area (Å²) in [5.41, 5.74) is 7.63. The fourth-order valence-electron chi connectivity index (χ4n) is 8.40. The normalized spacial score (nSPS) is 12.4. The van der Waals surface area contributed by atoms with Gasteiger partial charge in [-0.2, -0.15) is 0 Å². The number of hydrogen-bond donors (Lipinski definition) is 0. The van der Waals surface area contributed by atoms with Gasteiger partial charge < -0.3 is 23.2 Å². The number of hydrogen-bond acceptors (Lipinski definition) is 6. The highest BCUT2D eigenvalue weighted by atomic mass is 16.6. The molecule has 9 aromatic rings. The van der Waals surface area contributed by atoms with Crippen LogP contribution in [0, 0.1) is 0 Å². The van der Waals surface area contributed by atoms with Crippen molar-refractivity contribution in [3.63, 3.8) is 0 Å². The Balaban J connectivity index is 1.14. The fourth-order valence-corrected chi connectivity index (χ4v) is 8.40. The van der Waals surface area contributed by atoms with Gasteiger partial charge in [-0.15, -0.1) is 0 Å². The lowest BCUT2D eigenvalue weighted by molar-refractivity contribution is -0.151. The van der Waals surface area contributed by atoms with Gasteiger partial charge >= 0.3 is 5.97 Å². The van der Waals surface area contributed by atoms with Gasteiger partial charge in [0.2, 0.25) is 0 Å². The summed E-state index contributed by atoms with van der Waals surface area (Å²) in [4.78, 5) is 48.0. The van der Waals surface area contributed by atoms with Crippen LogP contribution in [-0.4, -0.2) is 57.3 Å². The molecule has 9 nitrogen and oxygen atoms in total. The van der Waals surface area contributed by atoms with Crippen molar-refractivity contribution >= 4 is 90.2 Å². The molecule has 3 aromatic heterocycles. The van der Waals surface area contributed by atoms with Gasteiger partial charge in [-0.3, -0.25) is 19.2 Å². The lowest BCUT2D eigenvalue weighted by Gasteiger charge is -2.25. The van der Waals surface area contributed by atoms with Crippen LogP contribution in [-0.2, 0) is 33.9 Å². The summed E-state index contributed by atoms with van der Waals surface area (Å²) in [5, 5.41) is 5.96. The number of carbonyl (C=O) groups is 4. The zero-order valence-corrected chi connectivity index (χ0v) is 30.6. The molecule has 0 spiro atoms. The van der Waals surface area contributed by atoms with E-state index >= 15 is 0 Å². The molecule has 0 aliphatic carbocycles. The molecule has 0 amide bonds. The minimum Gasteiger partial charge on any atom is -0.458 e. The van der Waals surface area contributed by atoms with E-state index in [1.165, 1.54) is 6.92 Å². The number of benzene rings is 6. The van der Waals surface area contributed by atoms with Crippen LogP contribution >= 0.6 is 0 Å². The Hall–Kier alpha value is -6.84. The molecule has 276 valence electrons. The standard InChI is InChI=1S/C47H37N3O6/c1-30(54)56-35(25-50-44-13-7-4-10-38(44)41-22-33(28-53)16-19-47(41)50)29-55-34(23-48-42-11-5-2-8-36(42)39-20-31(26-51)14-17-45(39)48)24-49-43-12-6-3-9-37(43)40-21-32(27-52)15-18-46(40)49/h2-22,26-28,34-35H,23-25,29H2,1H3. The maximum atomic E-state index is 12.7. The molecule has 9 heteroatoms. The number of rotatable bonds is 13. The second-order valence-corrected chi connectivity index (χ2v) is 14.3. The number of fused-ring (bicyclic) bond motifs is 9. The molecule has 0 saturated carbocycles. The highest BCUT2D eigenvalue weighted by Gasteiger charge is 2.24. The van der Waals surface area contributed by atoms with Gasteiger partial charge in [0.25, 0.3) is 0 Å². The van der Waals surface area contributed by atoms with Crippen LogP contribution in [0.3, 0.4) is 0 Å². The number of nitrogens with zero attached hydrogens (tertiary/aromatic N) is 3. The van der Waals surface area contributed by atoms with E-state index in [1.54, 1.807) is 6.07 Å². The largest absolute Gasteiger partial charge is 0.458 e. The summed E-state index contributed by atoms with van der Waals surface area (Å²) in [5.74, 6) is -0.416. The Kier molecular flexibility index (Phi) is 8.99. The van der Waals surface area contributed by atoms with Gasteiger partial charge in [0, 0.05) is 89.0 Å². The van der Waals surface area contributed by atoms with Crippen molar-refractivity contribution < 1.29 is 28.7 Å². The van der Waals surface area contributed by atoms with Crippen LogP contribution in [0.2, 0.25) is 0 Å². The Morgan fingerprint density at radius 3 is 1.18 bits per heavy atom. The minimum atomic E-state index is -0.652. The van der Waals surface area contributed by atoms with Crippen molar-refractivity contribution in [2.75, 3.05) is 6.61 Å². The number of aromatic nitrogens is 3. The average molecular weight is 740 g/mol. The second kappa shape index (κ2) is 14.4. The van der Waals surface area contributed by atoms with Crippen LogP contribution in [0.4, 0.5) is 0 Å². The number of ether oxygens (including phenoxy) is 2. The average Bonchev–Trinajstić information content (AvgIpc) is 3.84. The summed E-state index contributed by atoms with van der Waals surface area (Å²) in [6.07, 6.45) is 1.49. The predicted octanol–water partition coefficient (Wildman–Crippen LogP) is 9.17. The monoisotopic (exact) mass is 739 g/mol. The van der Waals surface area contributed by atoms with Gasteiger partial charge in [0.05, 0.1) is 32.3 Å². The number of carbonyl (C=O) groups excluding carboxylic acids is 4. The SMILES string of the molecule is CC(=O)OC(COC(Cn1c2ccccc2c2cc(C=O)ccc21)Cn1c2ccccc2c2cc(C=O)ccc21)Cn1c2ccccc2c2cc(C=O)ccc21. The molecule has 6 aromatic carbocycles. The van der Waals surface area contributed by atoms with E-state index in [0.717, 1.165) is 84.3 Å². The Bertz CT molecular complexity index is 2880. The third kappa shape index (κ3) is 6.12. The fraction of sp³-hybridized carbons (Fsp3) is 0.149. The molecule has 0 aliphatic rings. The van der Waals surface area contributed by atoms with Crippen molar-refractivity contribution in [1.29, 1.82) is 0 Å². The first-order valence-electron chi connectivity index (χ1n) is 18.6. The van der Waals surface area contributed by atoms with Crippen molar-refractivity contribution in [2.45, 2.75) is 38.8 Å². The van der Waals surface area contributed by atoms with E-state index in [1.807, 2.05) is 97.1 Å².